The van der Waals surface area contributed by atoms with Crippen molar-refractivity contribution in [3.63, 3.8) is 0 Å². The van der Waals surface area contributed by atoms with Crippen LogP contribution in [0.3, 0.4) is 0 Å². The van der Waals surface area contributed by atoms with Gasteiger partial charge in [0.1, 0.15) is 0 Å². The van der Waals surface area contributed by atoms with Gasteiger partial charge in [0, 0.05) is 12.0 Å². The third kappa shape index (κ3) is 4.51. The largest absolute Gasteiger partial charge is 0.413 e. The Morgan fingerprint density at radius 3 is 2.31 bits per heavy atom. The number of aliphatic hydroxyl groups excluding tert-OH is 1. The van der Waals surface area contributed by atoms with Gasteiger partial charge in [-0.05, 0) is 51.7 Å². The third-order valence-corrected chi connectivity index (χ3v) is 11.1. The third-order valence-electron chi connectivity index (χ3n) is 6.54. The van der Waals surface area contributed by atoms with Crippen LogP contribution < -0.4 is 5.32 Å². The molecule has 1 saturated carbocycles. The Hall–Kier alpha value is -0.433. The summed E-state index contributed by atoms with van der Waals surface area (Å²) in [6.45, 7) is 17.1. The molecule has 2 fully saturated rings. The zero-order chi connectivity index (χ0) is 19.9. The van der Waals surface area contributed by atoms with Gasteiger partial charge in [-0.1, -0.05) is 27.2 Å². The maximum atomic E-state index is 12.3. The second-order valence-corrected chi connectivity index (χ2v) is 14.7. The van der Waals surface area contributed by atoms with Crippen molar-refractivity contribution in [2.45, 2.75) is 109 Å². The number of hydrogen-bond donors (Lipinski definition) is 2. The highest BCUT2D eigenvalue weighted by molar-refractivity contribution is 6.74. The van der Waals surface area contributed by atoms with Crippen molar-refractivity contribution < 1.29 is 19.1 Å². The summed E-state index contributed by atoms with van der Waals surface area (Å²) in [7, 11) is -1.94. The zero-order valence-corrected chi connectivity index (χ0v) is 18.8. The number of aliphatic hydroxyl groups is 1. The molecule has 2 rings (SSSR count). The summed E-state index contributed by atoms with van der Waals surface area (Å²) in [5.74, 6) is -0.0810. The van der Waals surface area contributed by atoms with Gasteiger partial charge in [0.2, 0.25) is 5.91 Å². The normalized spacial score (nSPS) is 34.4. The SMILES string of the molecule is CC(C)O[C@H]1CCC[C@H](C2NC(=O)[C@@H]2[C@@H](C)O[Si](C)(C)C(C)(C)C)[C@@H]1O. The van der Waals surface area contributed by atoms with Crippen LogP contribution in [0.1, 0.15) is 60.8 Å². The maximum absolute atomic E-state index is 12.3. The van der Waals surface area contributed by atoms with E-state index < -0.39 is 14.4 Å². The topological polar surface area (TPSA) is 67.8 Å². The predicted octanol–water partition coefficient (Wildman–Crippen LogP) is 3.47. The molecule has 1 heterocycles. The van der Waals surface area contributed by atoms with Crippen molar-refractivity contribution in [2.75, 3.05) is 0 Å². The predicted molar refractivity (Wildman–Crippen MR) is 107 cm³/mol. The highest BCUT2D eigenvalue weighted by atomic mass is 28.4. The number of ether oxygens (including phenoxy) is 1. The van der Waals surface area contributed by atoms with Crippen molar-refractivity contribution in [1.82, 2.24) is 5.32 Å². The van der Waals surface area contributed by atoms with Crippen molar-refractivity contribution in [1.29, 1.82) is 0 Å². The van der Waals surface area contributed by atoms with E-state index in [1.807, 2.05) is 20.8 Å². The summed E-state index contributed by atoms with van der Waals surface area (Å²) < 4.78 is 12.4. The lowest BCUT2D eigenvalue weighted by atomic mass is 9.70. The fraction of sp³-hybridized carbons (Fsp3) is 0.950. The Balaban J connectivity index is 2.07. The second kappa shape index (κ2) is 7.90. The molecule has 0 radical (unpaired) electrons. The number of β-lactam (4-membered cyclic amide) rings is 1. The lowest BCUT2D eigenvalue weighted by Crippen LogP contribution is -2.68. The fourth-order valence-corrected chi connectivity index (χ4v) is 5.50. The van der Waals surface area contributed by atoms with Crippen molar-refractivity contribution in [2.24, 2.45) is 11.8 Å². The van der Waals surface area contributed by atoms with Gasteiger partial charge >= 0.3 is 0 Å². The Kier molecular flexibility index (Phi) is 6.64. The van der Waals surface area contributed by atoms with Gasteiger partial charge in [-0.3, -0.25) is 4.79 Å². The number of amides is 1. The molecule has 0 aromatic heterocycles. The Morgan fingerprint density at radius 1 is 1.19 bits per heavy atom. The molecule has 1 saturated heterocycles. The minimum Gasteiger partial charge on any atom is -0.413 e. The Bertz CT molecular complexity index is 503. The first-order chi connectivity index (χ1) is 11.8. The van der Waals surface area contributed by atoms with Crippen LogP contribution in [-0.4, -0.2) is 49.8 Å². The van der Waals surface area contributed by atoms with Gasteiger partial charge in [-0.2, -0.15) is 0 Å². The summed E-state index contributed by atoms with van der Waals surface area (Å²) in [6.07, 6.45) is 2.14. The van der Waals surface area contributed by atoms with Crippen molar-refractivity contribution in [3.05, 3.63) is 0 Å². The van der Waals surface area contributed by atoms with Gasteiger partial charge in [0.15, 0.2) is 8.32 Å². The van der Waals surface area contributed by atoms with Gasteiger partial charge in [-0.15, -0.1) is 0 Å². The molecule has 1 amide bonds. The molecule has 6 atom stereocenters. The number of rotatable bonds is 6. The van der Waals surface area contributed by atoms with Crippen LogP contribution in [0.2, 0.25) is 18.1 Å². The van der Waals surface area contributed by atoms with Crippen molar-refractivity contribution >= 4 is 14.2 Å². The highest BCUT2D eigenvalue weighted by Crippen LogP contribution is 2.41. The molecule has 0 bridgehead atoms. The summed E-state index contributed by atoms with van der Waals surface area (Å²) in [5.41, 5.74) is 0. The molecule has 0 spiro atoms. The molecule has 1 aliphatic carbocycles. The molecule has 5 nitrogen and oxygen atoms in total. The van der Waals surface area contributed by atoms with Gasteiger partial charge in [-0.25, -0.2) is 0 Å². The molecular weight excluding hydrogens is 346 g/mol. The highest BCUT2D eigenvalue weighted by Gasteiger charge is 2.52. The lowest BCUT2D eigenvalue weighted by molar-refractivity contribution is -0.154. The first kappa shape index (κ1) is 21.9. The first-order valence-corrected chi connectivity index (χ1v) is 13.1. The quantitative estimate of drug-likeness (QED) is 0.543. The van der Waals surface area contributed by atoms with E-state index in [9.17, 15) is 9.90 Å². The monoisotopic (exact) mass is 385 g/mol. The molecule has 2 N–H and O–H groups in total. The Labute approximate surface area is 160 Å². The summed E-state index contributed by atoms with van der Waals surface area (Å²) in [6, 6.07) is -0.0177. The van der Waals surface area contributed by atoms with E-state index in [0.717, 1.165) is 19.3 Å². The second-order valence-electron chi connectivity index (χ2n) is 9.95. The van der Waals surface area contributed by atoms with E-state index in [1.54, 1.807) is 0 Å². The molecule has 6 heteroatoms. The van der Waals surface area contributed by atoms with Gasteiger partial charge in [0.25, 0.3) is 0 Å². The van der Waals surface area contributed by atoms with Crippen LogP contribution in [0.4, 0.5) is 0 Å². The summed E-state index contributed by atoms with van der Waals surface area (Å²) in [4.78, 5) is 12.3. The number of hydrogen-bond acceptors (Lipinski definition) is 4. The van der Waals surface area contributed by atoms with Crippen LogP contribution in [0.5, 0.6) is 0 Å². The maximum Gasteiger partial charge on any atom is 0.228 e. The van der Waals surface area contributed by atoms with Gasteiger partial charge < -0.3 is 19.6 Å². The van der Waals surface area contributed by atoms with Crippen molar-refractivity contribution in [3.8, 4) is 0 Å². The molecule has 0 aromatic rings. The average Bonchev–Trinajstić information content (AvgIpc) is 2.45. The summed E-state index contributed by atoms with van der Waals surface area (Å²) in [5, 5.41) is 14.0. The number of carbonyl (C=O) groups is 1. The van der Waals surface area contributed by atoms with Gasteiger partial charge in [0.05, 0.1) is 30.3 Å². The Morgan fingerprint density at radius 2 is 1.81 bits per heavy atom. The summed E-state index contributed by atoms with van der Waals surface area (Å²) >= 11 is 0. The van der Waals surface area contributed by atoms with E-state index in [0.29, 0.717) is 0 Å². The van der Waals surface area contributed by atoms with Crippen LogP contribution in [0, 0.1) is 11.8 Å². The number of carbonyl (C=O) groups excluding carboxylic acids is 1. The molecule has 2 aliphatic rings. The fourth-order valence-electron chi connectivity index (χ4n) is 4.07. The van der Waals surface area contributed by atoms with E-state index in [-0.39, 0.29) is 47.1 Å². The lowest BCUT2D eigenvalue weighted by Gasteiger charge is -2.50. The van der Waals surface area contributed by atoms with Crippen LogP contribution in [0.15, 0.2) is 0 Å². The van der Waals surface area contributed by atoms with E-state index in [1.165, 1.54) is 0 Å². The van der Waals surface area contributed by atoms with Crippen LogP contribution in [0.25, 0.3) is 0 Å². The average molecular weight is 386 g/mol. The molecule has 26 heavy (non-hydrogen) atoms. The zero-order valence-electron chi connectivity index (χ0n) is 17.8. The number of nitrogens with one attached hydrogen (secondary N) is 1. The van der Waals surface area contributed by atoms with Crippen LogP contribution in [-0.2, 0) is 14.0 Å². The standard InChI is InChI=1S/C20H39NO4Si/c1-12(2)24-15-11-9-10-14(18(15)22)17-16(19(23)21-17)13(3)25-26(7,8)20(4,5)6/h12-18,22H,9-11H2,1-8H3,(H,21,23)/t13-,14-,15+,16-,17?,18+/m1/s1. The molecule has 0 aromatic carbocycles. The molecule has 1 aliphatic heterocycles. The van der Waals surface area contributed by atoms with E-state index in [4.69, 9.17) is 9.16 Å². The first-order valence-electron chi connectivity index (χ1n) is 10.2. The molecular formula is C20H39NO4Si. The molecule has 1 unspecified atom stereocenters. The smallest absolute Gasteiger partial charge is 0.228 e. The minimum absolute atomic E-state index is 0.0177. The molecule has 152 valence electrons. The minimum atomic E-state index is -1.94. The van der Waals surface area contributed by atoms with Crippen LogP contribution >= 0.6 is 0 Å². The van der Waals surface area contributed by atoms with E-state index >= 15 is 0 Å². The van der Waals surface area contributed by atoms with E-state index in [2.05, 4.69) is 39.2 Å².